The van der Waals surface area contributed by atoms with Gasteiger partial charge in [0.1, 0.15) is 0 Å². The first-order valence-corrected chi connectivity index (χ1v) is 4.41. The first-order chi connectivity index (χ1) is 6.49. The molecule has 0 aromatic rings. The zero-order valence-electron chi connectivity index (χ0n) is 8.33. The lowest BCUT2D eigenvalue weighted by atomic mass is 9.81. The highest BCUT2D eigenvalue weighted by Crippen LogP contribution is 2.29. The minimum absolute atomic E-state index is 0.0616. The number of allylic oxidation sites excluding steroid dienone is 1. The van der Waals surface area contributed by atoms with E-state index in [0.717, 1.165) is 0 Å². The summed E-state index contributed by atoms with van der Waals surface area (Å²) in [6.07, 6.45) is 5.51. The molecule has 4 nitrogen and oxygen atoms in total. The Morgan fingerprint density at radius 1 is 1.57 bits per heavy atom. The highest BCUT2D eigenvalue weighted by Gasteiger charge is 2.30. The van der Waals surface area contributed by atoms with Gasteiger partial charge in [0.25, 0.3) is 0 Å². The Morgan fingerprint density at radius 2 is 2.21 bits per heavy atom. The molecule has 0 aromatic heterocycles. The van der Waals surface area contributed by atoms with E-state index in [2.05, 4.69) is 5.32 Å². The number of hydrogen-bond acceptors (Lipinski definition) is 2. The van der Waals surface area contributed by atoms with Crippen molar-refractivity contribution in [2.24, 2.45) is 11.1 Å². The Kier molecular flexibility index (Phi) is 2.74. The van der Waals surface area contributed by atoms with Crippen molar-refractivity contribution >= 4 is 11.8 Å². The molecule has 1 rings (SSSR count). The first kappa shape index (κ1) is 10.5. The number of amides is 2. The number of carbonyl (C=O) groups is 2. The van der Waals surface area contributed by atoms with Gasteiger partial charge in [-0.05, 0) is 13.3 Å². The van der Waals surface area contributed by atoms with Crippen LogP contribution in [0.25, 0.3) is 0 Å². The molecule has 0 saturated heterocycles. The van der Waals surface area contributed by atoms with Crippen molar-refractivity contribution < 1.29 is 9.59 Å². The monoisotopic (exact) mass is 194 g/mol. The van der Waals surface area contributed by atoms with Gasteiger partial charge in [0.15, 0.2) is 0 Å². The van der Waals surface area contributed by atoms with Crippen LogP contribution in [0.3, 0.4) is 0 Å². The van der Waals surface area contributed by atoms with Crippen molar-refractivity contribution in [1.82, 2.24) is 5.32 Å². The molecule has 1 unspecified atom stereocenters. The SMILES string of the molecule is CNC(=O)C1(C)C=CC(C(N)=O)=CC1. The topological polar surface area (TPSA) is 72.2 Å². The number of hydrogen-bond donors (Lipinski definition) is 2. The summed E-state index contributed by atoms with van der Waals surface area (Å²) in [6, 6.07) is 0. The Bertz CT molecular complexity index is 331. The van der Waals surface area contributed by atoms with Crippen LogP contribution in [0.15, 0.2) is 23.8 Å². The fourth-order valence-electron chi connectivity index (χ4n) is 1.37. The Labute approximate surface area is 82.9 Å². The quantitative estimate of drug-likeness (QED) is 0.655. The van der Waals surface area contributed by atoms with Crippen LogP contribution < -0.4 is 11.1 Å². The van der Waals surface area contributed by atoms with Crippen molar-refractivity contribution in [1.29, 1.82) is 0 Å². The van der Waals surface area contributed by atoms with Gasteiger partial charge in [0.05, 0.1) is 5.41 Å². The van der Waals surface area contributed by atoms with Gasteiger partial charge in [0.2, 0.25) is 11.8 Å². The van der Waals surface area contributed by atoms with Crippen LogP contribution in [-0.2, 0) is 9.59 Å². The van der Waals surface area contributed by atoms with E-state index in [4.69, 9.17) is 5.73 Å². The predicted molar refractivity (Wildman–Crippen MR) is 53.2 cm³/mol. The van der Waals surface area contributed by atoms with Crippen LogP contribution >= 0.6 is 0 Å². The zero-order valence-corrected chi connectivity index (χ0v) is 8.33. The third-order valence-electron chi connectivity index (χ3n) is 2.41. The highest BCUT2D eigenvalue weighted by molar-refractivity contribution is 5.96. The Balaban J connectivity index is 2.82. The normalized spacial score (nSPS) is 25.4. The van der Waals surface area contributed by atoms with Crippen LogP contribution in [0.2, 0.25) is 0 Å². The smallest absolute Gasteiger partial charge is 0.248 e. The maximum atomic E-state index is 11.5. The largest absolute Gasteiger partial charge is 0.366 e. The zero-order chi connectivity index (χ0) is 10.8. The second kappa shape index (κ2) is 3.65. The summed E-state index contributed by atoms with van der Waals surface area (Å²) in [5, 5.41) is 2.58. The minimum Gasteiger partial charge on any atom is -0.366 e. The average Bonchev–Trinajstić information content (AvgIpc) is 2.17. The molecule has 1 atom stereocenters. The summed E-state index contributed by atoms with van der Waals surface area (Å²) in [5.74, 6) is -0.520. The van der Waals surface area contributed by atoms with Gasteiger partial charge in [-0.25, -0.2) is 0 Å². The Morgan fingerprint density at radius 3 is 2.57 bits per heavy atom. The Hall–Kier alpha value is -1.58. The summed E-state index contributed by atoms with van der Waals surface area (Å²) >= 11 is 0. The molecule has 1 aliphatic carbocycles. The van der Waals surface area contributed by atoms with E-state index in [1.165, 1.54) is 0 Å². The minimum atomic E-state index is -0.562. The van der Waals surface area contributed by atoms with Crippen molar-refractivity contribution in [2.45, 2.75) is 13.3 Å². The lowest BCUT2D eigenvalue weighted by Crippen LogP contribution is -2.36. The van der Waals surface area contributed by atoms with Crippen LogP contribution in [-0.4, -0.2) is 18.9 Å². The number of carbonyl (C=O) groups excluding carboxylic acids is 2. The molecule has 76 valence electrons. The molecule has 0 radical (unpaired) electrons. The third kappa shape index (κ3) is 1.84. The molecular formula is C10H14N2O2. The highest BCUT2D eigenvalue weighted by atomic mass is 16.2. The van der Waals surface area contributed by atoms with Gasteiger partial charge < -0.3 is 11.1 Å². The molecule has 0 aliphatic heterocycles. The second-order valence-electron chi connectivity index (χ2n) is 3.56. The van der Waals surface area contributed by atoms with Gasteiger partial charge in [-0.3, -0.25) is 9.59 Å². The number of primary amides is 1. The molecule has 0 aromatic carbocycles. The van der Waals surface area contributed by atoms with E-state index in [1.54, 1.807) is 25.3 Å². The standard InChI is InChI=1S/C10H14N2O2/c1-10(9(14)12-2)5-3-7(4-6-10)8(11)13/h3-5H,6H2,1-2H3,(H2,11,13)(H,12,14). The van der Waals surface area contributed by atoms with Gasteiger partial charge in [0, 0.05) is 12.6 Å². The number of nitrogens with two attached hydrogens (primary N) is 1. The molecule has 0 saturated carbocycles. The maximum Gasteiger partial charge on any atom is 0.248 e. The van der Waals surface area contributed by atoms with E-state index in [9.17, 15) is 9.59 Å². The van der Waals surface area contributed by atoms with E-state index in [0.29, 0.717) is 12.0 Å². The van der Waals surface area contributed by atoms with Gasteiger partial charge >= 0.3 is 0 Å². The van der Waals surface area contributed by atoms with E-state index < -0.39 is 11.3 Å². The van der Waals surface area contributed by atoms with Crippen molar-refractivity contribution in [2.75, 3.05) is 7.05 Å². The van der Waals surface area contributed by atoms with Crippen molar-refractivity contribution in [3.63, 3.8) is 0 Å². The lowest BCUT2D eigenvalue weighted by Gasteiger charge is -2.25. The summed E-state index contributed by atoms with van der Waals surface area (Å²) in [5.41, 5.74) is 5.01. The van der Waals surface area contributed by atoms with E-state index >= 15 is 0 Å². The number of nitrogens with one attached hydrogen (secondary N) is 1. The number of rotatable bonds is 2. The summed E-state index contributed by atoms with van der Waals surface area (Å²) in [6.45, 7) is 1.82. The molecule has 0 bridgehead atoms. The summed E-state index contributed by atoms with van der Waals surface area (Å²) in [7, 11) is 1.59. The second-order valence-corrected chi connectivity index (χ2v) is 3.56. The van der Waals surface area contributed by atoms with Crippen LogP contribution in [0, 0.1) is 5.41 Å². The maximum absolute atomic E-state index is 11.5. The first-order valence-electron chi connectivity index (χ1n) is 4.41. The summed E-state index contributed by atoms with van der Waals surface area (Å²) in [4.78, 5) is 22.3. The van der Waals surface area contributed by atoms with Crippen LogP contribution in [0.1, 0.15) is 13.3 Å². The third-order valence-corrected chi connectivity index (χ3v) is 2.41. The average molecular weight is 194 g/mol. The fraction of sp³-hybridized carbons (Fsp3) is 0.400. The van der Waals surface area contributed by atoms with E-state index in [1.807, 2.05) is 6.92 Å². The lowest BCUT2D eigenvalue weighted by molar-refractivity contribution is -0.127. The molecule has 2 amide bonds. The molecular weight excluding hydrogens is 180 g/mol. The molecule has 0 spiro atoms. The van der Waals surface area contributed by atoms with Crippen LogP contribution in [0.4, 0.5) is 0 Å². The molecule has 4 heteroatoms. The molecule has 14 heavy (non-hydrogen) atoms. The van der Waals surface area contributed by atoms with Crippen LogP contribution in [0.5, 0.6) is 0 Å². The molecule has 0 fully saturated rings. The van der Waals surface area contributed by atoms with Crippen molar-refractivity contribution in [3.05, 3.63) is 23.8 Å². The fourth-order valence-corrected chi connectivity index (χ4v) is 1.37. The predicted octanol–water partition coefficient (Wildman–Crippen LogP) is 0.110. The van der Waals surface area contributed by atoms with Gasteiger partial charge in [-0.2, -0.15) is 0 Å². The van der Waals surface area contributed by atoms with E-state index in [-0.39, 0.29) is 5.91 Å². The molecule has 0 heterocycles. The van der Waals surface area contributed by atoms with Crippen molar-refractivity contribution in [3.8, 4) is 0 Å². The molecule has 1 aliphatic rings. The summed E-state index contributed by atoms with van der Waals surface area (Å²) < 4.78 is 0. The molecule has 3 N–H and O–H groups in total. The van der Waals surface area contributed by atoms with Gasteiger partial charge in [-0.1, -0.05) is 18.2 Å². The van der Waals surface area contributed by atoms with Gasteiger partial charge in [-0.15, -0.1) is 0 Å².